The normalized spacial score (nSPS) is 30.3. The number of nitrogens with two attached hydrogens (primary N) is 1. The van der Waals surface area contributed by atoms with Gasteiger partial charge in [-0.25, -0.2) is 8.78 Å². The molecule has 2 amide bonds. The fraction of sp³-hybridized carbons (Fsp3) is 0.481. The number of alkyl halides is 1. The smallest absolute Gasteiger partial charge is 0.255 e. The molecule has 1 heterocycles. The third kappa shape index (κ3) is 4.94. The number of primary amides is 1. The minimum Gasteiger partial charge on any atom is -0.508 e. The van der Waals surface area contributed by atoms with Crippen LogP contribution in [0, 0.1) is 17.7 Å². The van der Waals surface area contributed by atoms with Gasteiger partial charge in [-0.1, -0.05) is 0 Å². The van der Waals surface area contributed by atoms with E-state index in [0.717, 1.165) is 6.07 Å². The van der Waals surface area contributed by atoms with Crippen LogP contribution in [0.2, 0.25) is 0 Å². The zero-order valence-corrected chi connectivity index (χ0v) is 24.9. The van der Waals surface area contributed by atoms with Crippen molar-refractivity contribution in [2.45, 2.75) is 43.1 Å². The number of hydrogen-bond donors (Lipinski definition) is 6. The molecule has 4 aliphatic rings. The maximum absolute atomic E-state index is 15.4. The standard InChI is InChI=1S/C27H30F2N4O8.2ClH/c1-32(2)19-12-5-9-4-11-13(29)7-14(31-26(40)15-6-10(28)8-33(15)3)20(34)17(11)21(35)16(9)23(37)27(12,41)24(38)18(22(19)36)25(30)39;;/h7,9-10,12,15,19,34-35,38,41H,4-6,8H2,1-3H3,(H2,30,39)(H,31,40);2*1H/t9-,10-,12-,15-,19-,27-;;/m0../s1. The first-order valence-corrected chi connectivity index (χ1v) is 12.9. The molecule has 1 aromatic carbocycles. The van der Waals surface area contributed by atoms with Crippen molar-refractivity contribution in [1.82, 2.24) is 9.80 Å². The van der Waals surface area contributed by atoms with E-state index in [0.29, 0.717) is 0 Å². The molecule has 1 saturated heterocycles. The molecule has 6 atom stereocenters. The van der Waals surface area contributed by atoms with Crippen molar-refractivity contribution in [1.29, 1.82) is 0 Å². The van der Waals surface area contributed by atoms with Gasteiger partial charge in [0.05, 0.1) is 23.3 Å². The number of carbonyl (C=O) groups excluding carboxylic acids is 4. The van der Waals surface area contributed by atoms with Gasteiger partial charge in [-0.05, 0) is 39.9 Å². The highest BCUT2D eigenvalue weighted by molar-refractivity contribution is 6.24. The number of benzene rings is 1. The molecule has 43 heavy (non-hydrogen) atoms. The Balaban J connectivity index is 0.00000253. The molecule has 1 aromatic rings. The summed E-state index contributed by atoms with van der Waals surface area (Å²) in [5, 5.41) is 47.1. The predicted octanol–water partition coefficient (Wildman–Crippen LogP) is 0.927. The van der Waals surface area contributed by atoms with E-state index >= 15 is 4.39 Å². The number of phenolic OH excluding ortho intramolecular Hbond substituents is 1. The molecule has 2 fully saturated rings. The minimum absolute atomic E-state index is 0. The number of nitrogens with one attached hydrogen (secondary N) is 1. The van der Waals surface area contributed by atoms with Crippen molar-refractivity contribution in [3.63, 3.8) is 0 Å². The van der Waals surface area contributed by atoms with Gasteiger partial charge in [0.25, 0.3) is 5.91 Å². The number of ketones is 2. The van der Waals surface area contributed by atoms with E-state index in [4.69, 9.17) is 5.73 Å². The van der Waals surface area contributed by atoms with Crippen LogP contribution in [0.3, 0.4) is 0 Å². The predicted molar refractivity (Wildman–Crippen MR) is 153 cm³/mol. The van der Waals surface area contributed by atoms with Crippen molar-refractivity contribution < 1.29 is 48.4 Å². The number of aliphatic hydroxyl groups excluding tert-OH is 2. The van der Waals surface area contributed by atoms with Gasteiger partial charge in [0.1, 0.15) is 29.1 Å². The molecule has 1 aliphatic heterocycles. The SMILES string of the molecule is CN(C)[C@@H]1C(=O)C(C(N)=O)=C(O)[C@@]2(O)C(=O)C3=C(O)c4c(O)c(NC(=O)[C@@H]5C[C@H](F)CN5C)cc(F)c4C[C@H]3C[C@@H]12.Cl.Cl. The highest BCUT2D eigenvalue weighted by Gasteiger charge is 2.64. The number of Topliss-reactive ketones (excluding diaryl/α,β-unsaturated/α-hetero) is 2. The molecule has 0 spiro atoms. The lowest BCUT2D eigenvalue weighted by atomic mass is 9.57. The van der Waals surface area contributed by atoms with Crippen molar-refractivity contribution in [2.24, 2.45) is 17.6 Å². The van der Waals surface area contributed by atoms with Crippen LogP contribution in [0.1, 0.15) is 24.0 Å². The highest BCUT2D eigenvalue weighted by atomic mass is 35.5. The van der Waals surface area contributed by atoms with Crippen LogP contribution < -0.4 is 11.1 Å². The molecule has 3 aliphatic carbocycles. The molecule has 12 nitrogen and oxygen atoms in total. The highest BCUT2D eigenvalue weighted by Crippen LogP contribution is 2.53. The third-order valence-electron chi connectivity index (χ3n) is 8.72. The number of likely N-dealkylation sites (tertiary alicyclic amines) is 1. The maximum Gasteiger partial charge on any atom is 0.255 e. The summed E-state index contributed by atoms with van der Waals surface area (Å²) < 4.78 is 29.2. The summed E-state index contributed by atoms with van der Waals surface area (Å²) in [4.78, 5) is 54.6. The van der Waals surface area contributed by atoms with Crippen molar-refractivity contribution >= 4 is 59.6 Å². The number of phenols is 1. The number of hydrogen-bond acceptors (Lipinski definition) is 10. The van der Waals surface area contributed by atoms with Crippen molar-refractivity contribution in [2.75, 3.05) is 33.0 Å². The number of aliphatic hydroxyl groups is 3. The van der Waals surface area contributed by atoms with Crippen LogP contribution in [0.5, 0.6) is 5.75 Å². The number of nitrogens with zero attached hydrogens (tertiary/aromatic N) is 2. The summed E-state index contributed by atoms with van der Waals surface area (Å²) in [5.74, 6) is -10.3. The van der Waals surface area contributed by atoms with Crippen LogP contribution >= 0.6 is 24.8 Å². The largest absolute Gasteiger partial charge is 0.508 e. The van der Waals surface area contributed by atoms with Crippen LogP contribution in [0.15, 0.2) is 23.0 Å². The molecule has 1 saturated carbocycles. The van der Waals surface area contributed by atoms with E-state index in [9.17, 15) is 44.0 Å². The van der Waals surface area contributed by atoms with Crippen LogP contribution in [-0.4, -0.2) is 105 Å². The summed E-state index contributed by atoms with van der Waals surface area (Å²) in [7, 11) is 4.48. The van der Waals surface area contributed by atoms with Gasteiger partial charge in [-0.15, -0.1) is 24.8 Å². The van der Waals surface area contributed by atoms with Gasteiger partial charge >= 0.3 is 0 Å². The summed E-state index contributed by atoms with van der Waals surface area (Å²) in [6, 6.07) is -1.30. The van der Waals surface area contributed by atoms with Gasteiger partial charge < -0.3 is 31.5 Å². The number of likely N-dealkylation sites (N-methyl/N-ethyl adjacent to an activating group) is 2. The molecule has 0 radical (unpaired) electrons. The van der Waals surface area contributed by atoms with Crippen molar-refractivity contribution in [3.8, 4) is 5.75 Å². The zero-order chi connectivity index (χ0) is 30.3. The Bertz CT molecular complexity index is 1480. The molecular weight excluding hydrogens is 617 g/mol. The van der Waals surface area contributed by atoms with Gasteiger partial charge in [0, 0.05) is 36.1 Å². The van der Waals surface area contributed by atoms with Gasteiger partial charge in [0.15, 0.2) is 17.1 Å². The summed E-state index contributed by atoms with van der Waals surface area (Å²) in [6.45, 7) is 0.0158. The van der Waals surface area contributed by atoms with Crippen LogP contribution in [0.25, 0.3) is 5.76 Å². The van der Waals surface area contributed by atoms with E-state index < -0.39 is 105 Å². The molecule has 7 N–H and O–H groups in total. The molecular formula is C27H32Cl2F2N4O8. The first kappa shape index (κ1) is 34.2. The fourth-order valence-corrected chi connectivity index (χ4v) is 6.82. The lowest BCUT2D eigenvalue weighted by molar-refractivity contribution is -0.153. The first-order chi connectivity index (χ1) is 19.1. The third-order valence-corrected chi connectivity index (χ3v) is 8.72. The molecule has 0 aromatic heterocycles. The molecule has 0 unspecified atom stereocenters. The van der Waals surface area contributed by atoms with Crippen molar-refractivity contribution in [3.05, 3.63) is 39.9 Å². The second kappa shape index (κ2) is 11.7. The van der Waals surface area contributed by atoms with Gasteiger partial charge in [-0.3, -0.25) is 29.0 Å². The Morgan fingerprint density at radius 2 is 1.79 bits per heavy atom. The second-order valence-electron chi connectivity index (χ2n) is 11.3. The number of amides is 2. The second-order valence-corrected chi connectivity index (χ2v) is 11.3. The number of fused-ring (bicyclic) bond motifs is 3. The number of rotatable bonds is 4. The maximum atomic E-state index is 15.4. The Morgan fingerprint density at radius 1 is 1.16 bits per heavy atom. The van der Waals surface area contributed by atoms with Crippen LogP contribution in [0.4, 0.5) is 14.5 Å². The van der Waals surface area contributed by atoms with Gasteiger partial charge in [0.2, 0.25) is 11.7 Å². The molecule has 16 heteroatoms. The molecule has 0 bridgehead atoms. The zero-order valence-electron chi connectivity index (χ0n) is 23.3. The number of aromatic hydroxyl groups is 1. The number of anilines is 1. The quantitative estimate of drug-likeness (QED) is 0.202. The average Bonchev–Trinajstić information content (AvgIpc) is 3.21. The summed E-state index contributed by atoms with van der Waals surface area (Å²) >= 11 is 0. The van der Waals surface area contributed by atoms with Gasteiger partial charge in [-0.2, -0.15) is 0 Å². The Labute approximate surface area is 257 Å². The van der Waals surface area contributed by atoms with E-state index in [2.05, 4.69) is 5.32 Å². The molecule has 236 valence electrons. The number of carbonyl (C=O) groups is 4. The van der Waals surface area contributed by atoms with Crippen LogP contribution in [-0.2, 0) is 25.6 Å². The lowest BCUT2D eigenvalue weighted by Crippen LogP contribution is -2.65. The van der Waals surface area contributed by atoms with E-state index in [1.807, 2.05) is 0 Å². The topological polar surface area (TPSA) is 194 Å². The lowest BCUT2D eigenvalue weighted by Gasteiger charge is -2.50. The fourth-order valence-electron chi connectivity index (χ4n) is 6.82. The minimum atomic E-state index is -2.83. The molecule has 5 rings (SSSR count). The first-order valence-electron chi connectivity index (χ1n) is 12.9. The average molecular weight is 649 g/mol. The summed E-state index contributed by atoms with van der Waals surface area (Å²) in [5.41, 5.74) is -0.0336. The van der Waals surface area contributed by atoms with E-state index in [-0.39, 0.29) is 56.2 Å². The summed E-state index contributed by atoms with van der Waals surface area (Å²) in [6.07, 6.45) is -1.78. The van der Waals surface area contributed by atoms with E-state index in [1.165, 1.54) is 30.9 Å². The Kier molecular flexibility index (Phi) is 9.27. The number of halogens is 4. The van der Waals surface area contributed by atoms with E-state index in [1.54, 1.807) is 0 Å². The Hall–Kier alpha value is -3.30. The Morgan fingerprint density at radius 3 is 2.33 bits per heavy atom. The monoisotopic (exact) mass is 648 g/mol.